The van der Waals surface area contributed by atoms with Gasteiger partial charge in [-0.05, 0) is 19.1 Å². The number of hydrogen-bond acceptors (Lipinski definition) is 9. The highest BCUT2D eigenvalue weighted by Gasteiger charge is 2.48. The minimum atomic E-state index is -1.17. The second kappa shape index (κ2) is 9.67. The Bertz CT molecular complexity index is 743. The van der Waals surface area contributed by atoms with E-state index in [9.17, 15) is 24.9 Å². The summed E-state index contributed by atoms with van der Waals surface area (Å²) in [6.45, 7) is 3.33. The van der Waals surface area contributed by atoms with Crippen LogP contribution in [0.3, 0.4) is 0 Å². The summed E-state index contributed by atoms with van der Waals surface area (Å²) < 4.78 is 16.4. The van der Waals surface area contributed by atoms with Crippen molar-refractivity contribution in [2.45, 2.75) is 76.3 Å². The molecule has 2 aliphatic heterocycles. The summed E-state index contributed by atoms with van der Waals surface area (Å²) in [4.78, 5) is 24.4. The predicted octanol–water partition coefficient (Wildman–Crippen LogP) is 0.215. The first-order valence-electron chi connectivity index (χ1n) is 10.3. The van der Waals surface area contributed by atoms with E-state index in [1.165, 1.54) is 12.1 Å². The SMILES string of the molecule is C[C@H]([C@@H]1O[C@H]1C[C@@H]1OC[C@H](CC(=O)CC(=O)c2ccc(CO)o2)[C@@H](O)[C@H]1O)[C@H](C)O. The molecule has 3 rings (SSSR count). The number of rotatable bonds is 10. The third-order valence-electron chi connectivity index (χ3n) is 6.04. The molecule has 30 heavy (non-hydrogen) atoms. The van der Waals surface area contributed by atoms with E-state index in [2.05, 4.69) is 0 Å². The van der Waals surface area contributed by atoms with E-state index < -0.39 is 48.3 Å². The van der Waals surface area contributed by atoms with Crippen LogP contribution in [0.4, 0.5) is 0 Å². The molecular formula is C21H30O9. The van der Waals surface area contributed by atoms with Crippen LogP contribution in [0, 0.1) is 11.8 Å². The van der Waals surface area contributed by atoms with Gasteiger partial charge >= 0.3 is 0 Å². The van der Waals surface area contributed by atoms with Gasteiger partial charge in [0.2, 0.25) is 5.78 Å². The van der Waals surface area contributed by atoms with E-state index in [1.807, 2.05) is 6.92 Å². The number of Topliss-reactive ketones (excluding diaryl/α,β-unsaturated/α-hetero) is 2. The predicted molar refractivity (Wildman–Crippen MR) is 103 cm³/mol. The van der Waals surface area contributed by atoms with Gasteiger partial charge in [0.05, 0.1) is 43.5 Å². The lowest BCUT2D eigenvalue weighted by atomic mass is 9.86. The van der Waals surface area contributed by atoms with E-state index >= 15 is 0 Å². The standard InChI is InChI=1S/C21H30O9/c1-10(11(2)23)21-18(30-21)7-17-20(27)19(26)12(9-28-17)5-13(24)6-15(25)16-4-3-14(8-22)29-16/h3-4,10-12,17-23,26-27H,5-9H2,1-2H3/t10-,11-,12-,17-,18-,19+,20-,21-/m0/s1. The minimum absolute atomic E-state index is 0.00152. The first-order chi connectivity index (χ1) is 14.2. The molecule has 168 valence electrons. The number of aliphatic hydroxyl groups excluding tert-OH is 4. The quantitative estimate of drug-likeness (QED) is 0.234. The topological polar surface area (TPSA) is 150 Å². The van der Waals surface area contributed by atoms with Gasteiger partial charge in [-0.1, -0.05) is 6.92 Å². The summed E-state index contributed by atoms with van der Waals surface area (Å²) in [6, 6.07) is 2.86. The van der Waals surface area contributed by atoms with Gasteiger partial charge in [0, 0.05) is 24.7 Å². The molecule has 0 aromatic carbocycles. The maximum Gasteiger partial charge on any atom is 0.205 e. The normalized spacial score (nSPS) is 33.1. The molecule has 0 amide bonds. The van der Waals surface area contributed by atoms with E-state index in [0.717, 1.165) is 0 Å². The van der Waals surface area contributed by atoms with Gasteiger partial charge in [-0.15, -0.1) is 0 Å². The Labute approximate surface area is 174 Å². The average molecular weight is 426 g/mol. The minimum Gasteiger partial charge on any atom is -0.456 e. The second-order valence-electron chi connectivity index (χ2n) is 8.35. The molecule has 0 saturated carbocycles. The number of carbonyl (C=O) groups is 2. The third-order valence-corrected chi connectivity index (χ3v) is 6.04. The zero-order chi connectivity index (χ0) is 22.0. The fourth-order valence-corrected chi connectivity index (χ4v) is 3.89. The van der Waals surface area contributed by atoms with Crippen molar-refractivity contribution in [2.75, 3.05) is 6.61 Å². The van der Waals surface area contributed by atoms with Crippen LogP contribution in [0.15, 0.2) is 16.5 Å². The molecule has 0 unspecified atom stereocenters. The van der Waals surface area contributed by atoms with Crippen molar-refractivity contribution >= 4 is 11.6 Å². The van der Waals surface area contributed by atoms with Gasteiger partial charge < -0.3 is 34.3 Å². The van der Waals surface area contributed by atoms with Crippen LogP contribution in [0.1, 0.15) is 49.4 Å². The highest BCUT2D eigenvalue weighted by atomic mass is 16.6. The van der Waals surface area contributed by atoms with Gasteiger partial charge in [-0.25, -0.2) is 0 Å². The van der Waals surface area contributed by atoms with Crippen molar-refractivity contribution in [3.63, 3.8) is 0 Å². The Kier molecular flexibility index (Phi) is 7.43. The van der Waals surface area contributed by atoms with Crippen LogP contribution in [-0.2, 0) is 20.9 Å². The Morgan fingerprint density at radius 2 is 1.90 bits per heavy atom. The fraction of sp³-hybridized carbons (Fsp3) is 0.714. The summed E-state index contributed by atoms with van der Waals surface area (Å²) in [5, 5.41) is 39.5. The second-order valence-corrected chi connectivity index (χ2v) is 8.35. The summed E-state index contributed by atoms with van der Waals surface area (Å²) in [6.07, 6.45) is -3.80. The molecule has 0 radical (unpaired) electrons. The molecule has 0 bridgehead atoms. The molecule has 8 atom stereocenters. The molecule has 2 saturated heterocycles. The van der Waals surface area contributed by atoms with Crippen LogP contribution in [0.5, 0.6) is 0 Å². The highest BCUT2D eigenvalue weighted by molar-refractivity contribution is 6.06. The molecule has 9 nitrogen and oxygen atoms in total. The van der Waals surface area contributed by atoms with Crippen molar-refractivity contribution in [2.24, 2.45) is 11.8 Å². The van der Waals surface area contributed by atoms with Gasteiger partial charge in [0.25, 0.3) is 0 Å². The molecule has 0 aliphatic carbocycles. The van der Waals surface area contributed by atoms with Gasteiger partial charge in [0.15, 0.2) is 5.76 Å². The van der Waals surface area contributed by atoms with Crippen molar-refractivity contribution in [1.29, 1.82) is 0 Å². The van der Waals surface area contributed by atoms with Crippen LogP contribution in [0.2, 0.25) is 0 Å². The molecule has 2 aliphatic rings. The summed E-state index contributed by atoms with van der Waals surface area (Å²) in [7, 11) is 0. The average Bonchev–Trinajstić information content (AvgIpc) is 3.29. The van der Waals surface area contributed by atoms with E-state index in [4.69, 9.17) is 19.0 Å². The van der Waals surface area contributed by atoms with Crippen molar-refractivity contribution in [1.82, 2.24) is 0 Å². The van der Waals surface area contributed by atoms with E-state index in [-0.39, 0.29) is 49.3 Å². The Morgan fingerprint density at radius 1 is 1.17 bits per heavy atom. The number of epoxide rings is 1. The van der Waals surface area contributed by atoms with Crippen molar-refractivity contribution in [3.05, 3.63) is 23.7 Å². The molecule has 1 aromatic rings. The largest absolute Gasteiger partial charge is 0.456 e. The Balaban J connectivity index is 1.46. The molecule has 3 heterocycles. The summed E-state index contributed by atoms with van der Waals surface area (Å²) in [5.74, 6) is -1.32. The molecule has 4 N–H and O–H groups in total. The molecular weight excluding hydrogens is 396 g/mol. The monoisotopic (exact) mass is 426 g/mol. The molecule has 0 spiro atoms. The third kappa shape index (κ3) is 5.35. The van der Waals surface area contributed by atoms with Crippen LogP contribution >= 0.6 is 0 Å². The van der Waals surface area contributed by atoms with Crippen molar-refractivity contribution in [3.8, 4) is 0 Å². The maximum atomic E-state index is 12.3. The fourth-order valence-electron chi connectivity index (χ4n) is 3.89. The lowest BCUT2D eigenvalue weighted by Gasteiger charge is -2.37. The first kappa shape index (κ1) is 23.1. The van der Waals surface area contributed by atoms with Gasteiger partial charge in [-0.3, -0.25) is 9.59 Å². The summed E-state index contributed by atoms with van der Waals surface area (Å²) >= 11 is 0. The number of ketones is 2. The molecule has 2 fully saturated rings. The first-order valence-corrected chi connectivity index (χ1v) is 10.3. The number of hydrogen-bond donors (Lipinski definition) is 4. The van der Waals surface area contributed by atoms with E-state index in [0.29, 0.717) is 6.42 Å². The molecule has 9 heteroatoms. The Hall–Kier alpha value is -1.62. The zero-order valence-corrected chi connectivity index (χ0v) is 17.1. The Morgan fingerprint density at radius 3 is 2.53 bits per heavy atom. The maximum absolute atomic E-state index is 12.3. The molecule has 1 aromatic heterocycles. The van der Waals surface area contributed by atoms with Crippen LogP contribution in [-0.4, -0.2) is 75.2 Å². The number of ether oxygens (including phenoxy) is 2. The van der Waals surface area contributed by atoms with Gasteiger partial charge in [-0.2, -0.15) is 0 Å². The highest BCUT2D eigenvalue weighted by Crippen LogP contribution is 2.37. The smallest absolute Gasteiger partial charge is 0.205 e. The van der Waals surface area contributed by atoms with Gasteiger partial charge in [0.1, 0.15) is 24.3 Å². The summed E-state index contributed by atoms with van der Waals surface area (Å²) in [5.41, 5.74) is 0. The van der Waals surface area contributed by atoms with Crippen molar-refractivity contribution < 1.29 is 43.9 Å². The van der Waals surface area contributed by atoms with E-state index in [1.54, 1.807) is 6.92 Å². The van der Waals surface area contributed by atoms with Crippen LogP contribution in [0.25, 0.3) is 0 Å². The lowest BCUT2D eigenvalue weighted by Crippen LogP contribution is -2.51. The van der Waals surface area contributed by atoms with Crippen LogP contribution < -0.4 is 0 Å². The number of furan rings is 1. The zero-order valence-electron chi connectivity index (χ0n) is 17.1. The number of aliphatic hydroxyl groups is 4. The number of carbonyl (C=O) groups excluding carboxylic acids is 2. The lowest BCUT2D eigenvalue weighted by molar-refractivity contribution is -0.170.